The number of anilines is 2. The number of nitriles is 1. The standard InChI is InChI=1S/C18H16ClN3O/c1-22(2)17-9-8-15(11-16(17)19)21-18(23)10-7-13-5-3-4-6-14(13)12-20/h3-11H,1-2H3,(H,21,23)/b10-7+. The fraction of sp³-hybridized carbons (Fsp3) is 0.111. The molecule has 0 atom stereocenters. The summed E-state index contributed by atoms with van der Waals surface area (Å²) in [6.07, 6.45) is 3.01. The van der Waals surface area contributed by atoms with Crippen molar-refractivity contribution in [1.82, 2.24) is 0 Å². The zero-order valence-corrected chi connectivity index (χ0v) is 13.6. The zero-order valence-electron chi connectivity index (χ0n) is 12.9. The molecule has 23 heavy (non-hydrogen) atoms. The Bertz CT molecular complexity index is 791. The summed E-state index contributed by atoms with van der Waals surface area (Å²) in [6.45, 7) is 0. The molecule has 4 nitrogen and oxygen atoms in total. The van der Waals surface area contributed by atoms with Crippen LogP contribution in [0, 0.1) is 11.3 Å². The highest BCUT2D eigenvalue weighted by Crippen LogP contribution is 2.27. The minimum Gasteiger partial charge on any atom is -0.376 e. The molecular formula is C18H16ClN3O. The quantitative estimate of drug-likeness (QED) is 0.866. The third kappa shape index (κ3) is 4.35. The predicted octanol–water partition coefficient (Wildman–Crippen LogP) is 3.93. The lowest BCUT2D eigenvalue weighted by Crippen LogP contribution is -2.11. The molecule has 2 aromatic rings. The average Bonchev–Trinajstić information content (AvgIpc) is 2.53. The highest BCUT2D eigenvalue weighted by Gasteiger charge is 2.05. The van der Waals surface area contributed by atoms with Crippen LogP contribution in [-0.2, 0) is 4.79 Å². The van der Waals surface area contributed by atoms with E-state index < -0.39 is 0 Å². The van der Waals surface area contributed by atoms with Crippen LogP contribution in [0.2, 0.25) is 5.02 Å². The Morgan fingerprint density at radius 2 is 2.00 bits per heavy atom. The van der Waals surface area contributed by atoms with Crippen LogP contribution in [-0.4, -0.2) is 20.0 Å². The van der Waals surface area contributed by atoms with Gasteiger partial charge in [-0.25, -0.2) is 0 Å². The first-order valence-electron chi connectivity index (χ1n) is 6.96. The van der Waals surface area contributed by atoms with E-state index in [0.29, 0.717) is 21.8 Å². The Kier molecular flexibility index (Phi) is 5.40. The molecule has 0 aliphatic carbocycles. The molecule has 0 aliphatic heterocycles. The Hall–Kier alpha value is -2.77. The maximum absolute atomic E-state index is 12.0. The van der Waals surface area contributed by atoms with Crippen molar-refractivity contribution in [3.8, 4) is 6.07 Å². The van der Waals surface area contributed by atoms with Gasteiger partial charge in [-0.05, 0) is 35.9 Å². The summed E-state index contributed by atoms with van der Waals surface area (Å²) >= 11 is 6.17. The molecule has 1 amide bonds. The fourth-order valence-corrected chi connectivity index (χ4v) is 2.39. The van der Waals surface area contributed by atoms with Crippen LogP contribution in [0.3, 0.4) is 0 Å². The third-order valence-corrected chi connectivity index (χ3v) is 3.50. The van der Waals surface area contributed by atoms with Crippen molar-refractivity contribution < 1.29 is 4.79 Å². The summed E-state index contributed by atoms with van der Waals surface area (Å²) in [4.78, 5) is 13.9. The van der Waals surface area contributed by atoms with Gasteiger partial charge in [0.05, 0.1) is 22.3 Å². The first-order chi connectivity index (χ1) is 11.0. The number of halogens is 1. The highest BCUT2D eigenvalue weighted by atomic mass is 35.5. The lowest BCUT2D eigenvalue weighted by molar-refractivity contribution is -0.111. The minimum absolute atomic E-state index is 0.286. The zero-order chi connectivity index (χ0) is 16.8. The highest BCUT2D eigenvalue weighted by molar-refractivity contribution is 6.33. The first-order valence-corrected chi connectivity index (χ1v) is 7.34. The van der Waals surface area contributed by atoms with Crippen LogP contribution in [0.1, 0.15) is 11.1 Å². The number of carbonyl (C=O) groups is 1. The SMILES string of the molecule is CN(C)c1ccc(NC(=O)/C=C/c2ccccc2C#N)cc1Cl. The van der Waals surface area contributed by atoms with Gasteiger partial charge in [0.1, 0.15) is 0 Å². The van der Waals surface area contributed by atoms with Gasteiger partial charge >= 0.3 is 0 Å². The summed E-state index contributed by atoms with van der Waals surface area (Å²) in [7, 11) is 3.80. The van der Waals surface area contributed by atoms with Gasteiger partial charge in [0.25, 0.3) is 0 Å². The number of hydrogen-bond donors (Lipinski definition) is 1. The van der Waals surface area contributed by atoms with Gasteiger partial charge in [0.15, 0.2) is 0 Å². The van der Waals surface area contributed by atoms with Crippen molar-refractivity contribution in [2.45, 2.75) is 0 Å². The molecule has 0 unspecified atom stereocenters. The molecule has 2 aromatic carbocycles. The lowest BCUT2D eigenvalue weighted by Gasteiger charge is -2.15. The third-order valence-electron chi connectivity index (χ3n) is 3.19. The number of carbonyl (C=O) groups excluding carboxylic acids is 1. The van der Waals surface area contributed by atoms with E-state index in [1.807, 2.05) is 31.1 Å². The van der Waals surface area contributed by atoms with Crippen molar-refractivity contribution in [3.05, 3.63) is 64.7 Å². The van der Waals surface area contributed by atoms with Crippen LogP contribution in [0.5, 0.6) is 0 Å². The smallest absolute Gasteiger partial charge is 0.248 e. The van der Waals surface area contributed by atoms with Crippen molar-refractivity contribution in [2.75, 3.05) is 24.3 Å². The van der Waals surface area contributed by atoms with Gasteiger partial charge in [0.2, 0.25) is 5.91 Å². The molecule has 2 rings (SSSR count). The van der Waals surface area contributed by atoms with E-state index in [0.717, 1.165) is 5.69 Å². The number of hydrogen-bond acceptors (Lipinski definition) is 3. The molecule has 116 valence electrons. The Labute approximate surface area is 140 Å². The summed E-state index contributed by atoms with van der Waals surface area (Å²) in [5, 5.41) is 12.3. The average molecular weight is 326 g/mol. The number of nitrogens with zero attached hydrogens (tertiary/aromatic N) is 2. The minimum atomic E-state index is -0.286. The molecule has 5 heteroatoms. The van der Waals surface area contributed by atoms with Crippen LogP contribution in [0.15, 0.2) is 48.5 Å². The van der Waals surface area contributed by atoms with E-state index in [2.05, 4.69) is 11.4 Å². The monoisotopic (exact) mass is 325 g/mol. The summed E-state index contributed by atoms with van der Waals surface area (Å²) in [5.41, 5.74) is 2.72. The molecule has 0 radical (unpaired) electrons. The van der Waals surface area contributed by atoms with Gasteiger partial charge in [0, 0.05) is 25.9 Å². The van der Waals surface area contributed by atoms with E-state index in [9.17, 15) is 4.79 Å². The number of rotatable bonds is 4. The molecule has 0 aromatic heterocycles. The first kappa shape index (κ1) is 16.6. The van der Waals surface area contributed by atoms with E-state index >= 15 is 0 Å². The number of benzene rings is 2. The molecule has 1 N–H and O–H groups in total. The van der Waals surface area contributed by atoms with Gasteiger partial charge < -0.3 is 10.2 Å². The molecule has 0 spiro atoms. The van der Waals surface area contributed by atoms with Crippen LogP contribution >= 0.6 is 11.6 Å². The van der Waals surface area contributed by atoms with E-state index in [1.54, 1.807) is 36.4 Å². The number of amides is 1. The summed E-state index contributed by atoms with van der Waals surface area (Å²) in [6, 6.07) is 14.5. The van der Waals surface area contributed by atoms with Gasteiger partial charge in [-0.15, -0.1) is 0 Å². The van der Waals surface area contributed by atoms with Crippen LogP contribution in [0.4, 0.5) is 11.4 Å². The Balaban J connectivity index is 2.09. The van der Waals surface area contributed by atoms with Crippen molar-refractivity contribution in [2.24, 2.45) is 0 Å². The maximum atomic E-state index is 12.0. The molecular weight excluding hydrogens is 310 g/mol. The second-order valence-electron chi connectivity index (χ2n) is 5.08. The largest absolute Gasteiger partial charge is 0.376 e. The molecule has 0 saturated heterocycles. The van der Waals surface area contributed by atoms with Crippen molar-refractivity contribution in [3.63, 3.8) is 0 Å². The van der Waals surface area contributed by atoms with Gasteiger partial charge in [-0.3, -0.25) is 4.79 Å². The van der Waals surface area contributed by atoms with Crippen molar-refractivity contribution in [1.29, 1.82) is 5.26 Å². The maximum Gasteiger partial charge on any atom is 0.248 e. The Morgan fingerprint density at radius 3 is 2.65 bits per heavy atom. The normalized spacial score (nSPS) is 10.3. The summed E-state index contributed by atoms with van der Waals surface area (Å²) in [5.74, 6) is -0.286. The molecule has 0 saturated carbocycles. The van der Waals surface area contributed by atoms with Gasteiger partial charge in [-0.1, -0.05) is 29.8 Å². The molecule has 0 heterocycles. The second-order valence-corrected chi connectivity index (χ2v) is 5.49. The van der Waals surface area contributed by atoms with Crippen LogP contribution < -0.4 is 10.2 Å². The predicted molar refractivity (Wildman–Crippen MR) is 94.6 cm³/mol. The van der Waals surface area contributed by atoms with Crippen LogP contribution in [0.25, 0.3) is 6.08 Å². The lowest BCUT2D eigenvalue weighted by atomic mass is 10.1. The van der Waals surface area contributed by atoms with Crippen molar-refractivity contribution >= 4 is 35.0 Å². The van der Waals surface area contributed by atoms with E-state index in [4.69, 9.17) is 16.9 Å². The van der Waals surface area contributed by atoms with E-state index in [-0.39, 0.29) is 5.91 Å². The molecule has 0 bridgehead atoms. The number of nitrogens with one attached hydrogen (secondary N) is 1. The Morgan fingerprint density at radius 1 is 1.26 bits per heavy atom. The topological polar surface area (TPSA) is 56.1 Å². The van der Waals surface area contributed by atoms with Gasteiger partial charge in [-0.2, -0.15) is 5.26 Å². The second kappa shape index (κ2) is 7.48. The van der Waals surface area contributed by atoms with E-state index in [1.165, 1.54) is 6.08 Å². The molecule has 0 fully saturated rings. The summed E-state index contributed by atoms with van der Waals surface area (Å²) < 4.78 is 0. The molecule has 0 aliphatic rings. The fourth-order valence-electron chi connectivity index (χ4n) is 2.04.